The highest BCUT2D eigenvalue weighted by atomic mass is 79.9. The second-order valence-corrected chi connectivity index (χ2v) is 4.05. The van der Waals surface area contributed by atoms with Crippen molar-refractivity contribution in [1.29, 1.82) is 0 Å². The van der Waals surface area contributed by atoms with Gasteiger partial charge in [-0.15, -0.1) is 0 Å². The van der Waals surface area contributed by atoms with Gasteiger partial charge < -0.3 is 5.32 Å². The summed E-state index contributed by atoms with van der Waals surface area (Å²) in [4.78, 5) is 4.30. The molecule has 0 saturated carbocycles. The Labute approximate surface area is 89.8 Å². The summed E-state index contributed by atoms with van der Waals surface area (Å²) in [5.74, 6) is 0. The fraction of sp³-hybridized carbons (Fsp3) is 0. The van der Waals surface area contributed by atoms with Gasteiger partial charge in [-0.05, 0) is 18.2 Å². The first-order valence-electron chi connectivity index (χ1n) is 4.36. The van der Waals surface area contributed by atoms with Crippen molar-refractivity contribution in [3.05, 3.63) is 34.8 Å². The Morgan fingerprint density at radius 1 is 1.14 bits per heavy atom. The fourth-order valence-corrected chi connectivity index (χ4v) is 2.21. The van der Waals surface area contributed by atoms with Crippen LogP contribution in [0.25, 0.3) is 10.8 Å². The summed E-state index contributed by atoms with van der Waals surface area (Å²) in [6.07, 6.45) is 1.73. The molecule has 0 aliphatic carbocycles. The van der Waals surface area contributed by atoms with Crippen LogP contribution in [-0.2, 0) is 0 Å². The number of rotatable bonds is 0. The molecule has 1 aliphatic heterocycles. The van der Waals surface area contributed by atoms with Crippen LogP contribution in [0.15, 0.2) is 39.8 Å². The van der Waals surface area contributed by atoms with Crippen molar-refractivity contribution in [2.75, 3.05) is 5.32 Å². The van der Waals surface area contributed by atoms with Gasteiger partial charge >= 0.3 is 0 Å². The van der Waals surface area contributed by atoms with Crippen molar-refractivity contribution in [3.63, 3.8) is 0 Å². The molecule has 2 aromatic rings. The first-order chi connectivity index (χ1) is 6.86. The molecule has 2 aromatic carbocycles. The molecule has 1 N–H and O–H groups in total. The minimum Gasteiger partial charge on any atom is -0.346 e. The van der Waals surface area contributed by atoms with E-state index in [0.717, 1.165) is 15.8 Å². The van der Waals surface area contributed by atoms with Gasteiger partial charge in [0, 0.05) is 20.9 Å². The molecule has 0 radical (unpaired) electrons. The van der Waals surface area contributed by atoms with Gasteiger partial charge in [0.15, 0.2) is 0 Å². The highest BCUT2D eigenvalue weighted by molar-refractivity contribution is 9.10. The molecule has 2 nitrogen and oxygen atoms in total. The van der Waals surface area contributed by atoms with Gasteiger partial charge in [0.1, 0.15) is 0 Å². The Bertz CT molecular complexity index is 546. The summed E-state index contributed by atoms with van der Waals surface area (Å²) in [6.45, 7) is 0. The largest absolute Gasteiger partial charge is 0.346 e. The molecule has 68 valence electrons. The number of aliphatic imine (C=N–C) groups is 1. The van der Waals surface area contributed by atoms with Gasteiger partial charge in [-0.3, -0.25) is 0 Å². The second-order valence-electron chi connectivity index (χ2n) is 3.20. The Morgan fingerprint density at radius 2 is 2.07 bits per heavy atom. The van der Waals surface area contributed by atoms with Gasteiger partial charge in [-0.1, -0.05) is 28.1 Å². The Kier molecular flexibility index (Phi) is 1.61. The maximum Gasteiger partial charge on any atom is 0.0930 e. The molecule has 3 heteroatoms. The molecule has 0 saturated heterocycles. The van der Waals surface area contributed by atoms with Crippen molar-refractivity contribution in [1.82, 2.24) is 0 Å². The predicted octanol–water partition coefficient (Wildman–Crippen LogP) is 3.69. The van der Waals surface area contributed by atoms with Crippen molar-refractivity contribution in [2.45, 2.75) is 0 Å². The molecule has 0 bridgehead atoms. The van der Waals surface area contributed by atoms with Crippen LogP contribution < -0.4 is 5.32 Å². The number of halogens is 1. The zero-order valence-corrected chi connectivity index (χ0v) is 8.88. The van der Waals surface area contributed by atoms with E-state index in [2.05, 4.69) is 38.4 Å². The zero-order chi connectivity index (χ0) is 9.54. The average molecular weight is 247 g/mol. The first kappa shape index (κ1) is 8.00. The monoisotopic (exact) mass is 246 g/mol. The Balaban J connectivity index is 2.56. The number of nitrogens with zero attached hydrogens (tertiary/aromatic N) is 1. The Morgan fingerprint density at radius 3 is 3.00 bits per heavy atom. The average Bonchev–Trinajstić information content (AvgIpc) is 2.24. The quantitative estimate of drug-likeness (QED) is 0.754. The second kappa shape index (κ2) is 2.82. The summed E-state index contributed by atoms with van der Waals surface area (Å²) in [6, 6.07) is 10.2. The highest BCUT2D eigenvalue weighted by Gasteiger charge is 2.10. The zero-order valence-electron chi connectivity index (χ0n) is 7.29. The van der Waals surface area contributed by atoms with E-state index in [1.165, 1.54) is 10.8 Å². The lowest BCUT2D eigenvalue weighted by Gasteiger charge is -2.13. The molecule has 0 fully saturated rings. The summed E-state index contributed by atoms with van der Waals surface area (Å²) in [5, 5.41) is 5.52. The van der Waals surface area contributed by atoms with E-state index in [1.54, 1.807) is 6.34 Å². The number of hydrogen-bond acceptors (Lipinski definition) is 2. The third-order valence-electron chi connectivity index (χ3n) is 2.39. The maximum absolute atomic E-state index is 4.30. The van der Waals surface area contributed by atoms with E-state index >= 15 is 0 Å². The molecule has 1 aliphatic rings. The van der Waals surface area contributed by atoms with Crippen LogP contribution in [0.3, 0.4) is 0 Å². The van der Waals surface area contributed by atoms with Crippen LogP contribution in [0.2, 0.25) is 0 Å². The SMILES string of the molecule is Brc1ccc2c3c(cccc13)NC=N2. The van der Waals surface area contributed by atoms with Crippen molar-refractivity contribution in [2.24, 2.45) is 4.99 Å². The molecule has 3 rings (SSSR count). The van der Waals surface area contributed by atoms with Crippen LogP contribution in [-0.4, -0.2) is 6.34 Å². The normalized spacial score (nSPS) is 12.9. The van der Waals surface area contributed by atoms with Crippen molar-refractivity contribution < 1.29 is 0 Å². The van der Waals surface area contributed by atoms with E-state index in [9.17, 15) is 0 Å². The van der Waals surface area contributed by atoms with Crippen LogP contribution in [0, 0.1) is 0 Å². The molecular weight excluding hydrogens is 240 g/mol. The molecule has 0 amide bonds. The van der Waals surface area contributed by atoms with Crippen LogP contribution in [0.1, 0.15) is 0 Å². The minimum atomic E-state index is 1.03. The number of anilines is 1. The maximum atomic E-state index is 4.30. The van der Waals surface area contributed by atoms with Crippen LogP contribution in [0.5, 0.6) is 0 Å². The molecule has 0 atom stereocenters. The van der Waals surface area contributed by atoms with E-state index < -0.39 is 0 Å². The molecule has 1 heterocycles. The summed E-state index contributed by atoms with van der Waals surface area (Å²) in [5.41, 5.74) is 2.14. The third kappa shape index (κ3) is 0.990. The summed E-state index contributed by atoms with van der Waals surface area (Å²) >= 11 is 3.54. The number of hydrogen-bond donors (Lipinski definition) is 1. The van der Waals surface area contributed by atoms with Crippen molar-refractivity contribution >= 4 is 44.4 Å². The van der Waals surface area contributed by atoms with Gasteiger partial charge in [0.25, 0.3) is 0 Å². The first-order valence-corrected chi connectivity index (χ1v) is 5.16. The van der Waals surface area contributed by atoms with E-state index in [1.807, 2.05) is 18.2 Å². The Hall–Kier alpha value is -1.35. The molecular formula is C11H7BrN2. The lowest BCUT2D eigenvalue weighted by molar-refractivity contribution is 1.52. The standard InChI is InChI=1S/C11H7BrN2/c12-8-4-5-10-11-7(8)2-1-3-9(11)13-6-14-10/h1-6H,(H,13,14). The number of benzene rings is 2. The van der Waals surface area contributed by atoms with Crippen LogP contribution >= 0.6 is 15.9 Å². The lowest BCUT2D eigenvalue weighted by Crippen LogP contribution is -1.99. The summed E-state index contributed by atoms with van der Waals surface area (Å²) < 4.78 is 1.11. The molecule has 0 unspecified atom stereocenters. The van der Waals surface area contributed by atoms with Gasteiger partial charge in [0.05, 0.1) is 12.0 Å². The van der Waals surface area contributed by atoms with Gasteiger partial charge in [-0.25, -0.2) is 4.99 Å². The predicted molar refractivity (Wildman–Crippen MR) is 63.4 cm³/mol. The molecule has 0 spiro atoms. The minimum absolute atomic E-state index is 1.03. The van der Waals surface area contributed by atoms with Crippen molar-refractivity contribution in [3.8, 4) is 0 Å². The third-order valence-corrected chi connectivity index (χ3v) is 3.08. The van der Waals surface area contributed by atoms with Crippen LogP contribution in [0.4, 0.5) is 11.4 Å². The fourth-order valence-electron chi connectivity index (χ4n) is 1.75. The smallest absolute Gasteiger partial charge is 0.0930 e. The molecule has 0 aromatic heterocycles. The van der Waals surface area contributed by atoms with E-state index in [-0.39, 0.29) is 0 Å². The summed E-state index contributed by atoms with van der Waals surface area (Å²) in [7, 11) is 0. The van der Waals surface area contributed by atoms with E-state index in [0.29, 0.717) is 0 Å². The lowest BCUT2D eigenvalue weighted by atomic mass is 10.1. The van der Waals surface area contributed by atoms with Gasteiger partial charge in [0.2, 0.25) is 0 Å². The number of nitrogens with one attached hydrogen (secondary N) is 1. The molecule has 14 heavy (non-hydrogen) atoms. The van der Waals surface area contributed by atoms with E-state index in [4.69, 9.17) is 0 Å². The highest BCUT2D eigenvalue weighted by Crippen LogP contribution is 2.38. The topological polar surface area (TPSA) is 24.4 Å². The van der Waals surface area contributed by atoms with Gasteiger partial charge in [-0.2, -0.15) is 0 Å².